The minimum atomic E-state index is -3.94. The summed E-state index contributed by atoms with van der Waals surface area (Å²) >= 11 is 12.4. The number of ether oxygens (including phenoxy) is 2. The van der Waals surface area contributed by atoms with Gasteiger partial charge in [-0.05, 0) is 18.2 Å². The first-order valence-corrected chi connectivity index (χ1v) is 9.90. The van der Waals surface area contributed by atoms with E-state index in [1.165, 1.54) is 13.0 Å². The van der Waals surface area contributed by atoms with Crippen molar-refractivity contribution < 1.29 is 22.7 Å². The average molecular weight is 416 g/mol. The summed E-state index contributed by atoms with van der Waals surface area (Å²) in [6, 6.07) is 9.88. The van der Waals surface area contributed by atoms with Gasteiger partial charge in [-0.2, -0.15) is 0 Å². The fourth-order valence-electron chi connectivity index (χ4n) is 2.58. The van der Waals surface area contributed by atoms with Crippen LogP contribution in [0.4, 0.5) is 5.69 Å². The van der Waals surface area contributed by atoms with Crippen LogP contribution in [-0.2, 0) is 26.0 Å². The van der Waals surface area contributed by atoms with E-state index in [0.29, 0.717) is 23.4 Å². The molecule has 0 aliphatic carbocycles. The second-order valence-electron chi connectivity index (χ2n) is 5.71. The zero-order valence-electron chi connectivity index (χ0n) is 13.7. The molecule has 0 spiro atoms. The summed E-state index contributed by atoms with van der Waals surface area (Å²) in [4.78, 5) is 10.8. The van der Waals surface area contributed by atoms with Crippen molar-refractivity contribution in [3.05, 3.63) is 52.0 Å². The van der Waals surface area contributed by atoms with Gasteiger partial charge in [0.1, 0.15) is 28.4 Å². The van der Waals surface area contributed by atoms with E-state index < -0.39 is 22.1 Å². The van der Waals surface area contributed by atoms with Gasteiger partial charge in [-0.3, -0.25) is 9.52 Å². The van der Waals surface area contributed by atoms with Crippen LogP contribution in [0.25, 0.3) is 0 Å². The van der Waals surface area contributed by atoms with Crippen molar-refractivity contribution >= 4 is 44.9 Å². The normalized spacial score (nSPS) is 15.9. The summed E-state index contributed by atoms with van der Waals surface area (Å²) in [5, 5.41) is -0.107. The molecule has 2 aromatic carbocycles. The molecule has 1 aliphatic rings. The summed E-state index contributed by atoms with van der Waals surface area (Å²) in [6.45, 7) is 1.34. The SMILES string of the molecule is CC(=O)OCC1Cc2cc(S(=O)(=O)Nc3ccccc3)c(Cl)c(Cl)c2O1. The van der Waals surface area contributed by atoms with Gasteiger partial charge in [0, 0.05) is 24.6 Å². The van der Waals surface area contributed by atoms with Crippen LogP contribution < -0.4 is 9.46 Å². The number of hydrogen-bond acceptors (Lipinski definition) is 5. The summed E-state index contributed by atoms with van der Waals surface area (Å²) < 4.78 is 38.5. The van der Waals surface area contributed by atoms with E-state index in [0.717, 1.165) is 0 Å². The highest BCUT2D eigenvalue weighted by atomic mass is 35.5. The number of fused-ring (bicyclic) bond motifs is 1. The molecular formula is C17H15Cl2NO5S. The van der Waals surface area contributed by atoms with Crippen molar-refractivity contribution in [1.29, 1.82) is 0 Å². The third-order valence-corrected chi connectivity index (χ3v) is 6.09. The van der Waals surface area contributed by atoms with Gasteiger partial charge in [0.05, 0.1) is 5.02 Å². The topological polar surface area (TPSA) is 81.7 Å². The van der Waals surface area contributed by atoms with E-state index in [2.05, 4.69) is 4.72 Å². The number of rotatable bonds is 5. The molecule has 1 atom stereocenters. The smallest absolute Gasteiger partial charge is 0.302 e. The molecule has 0 saturated carbocycles. The summed E-state index contributed by atoms with van der Waals surface area (Å²) in [5.74, 6) is -0.114. The Hall–Kier alpha value is -1.96. The van der Waals surface area contributed by atoms with Gasteiger partial charge < -0.3 is 9.47 Å². The molecule has 1 unspecified atom stereocenters. The van der Waals surface area contributed by atoms with Crippen molar-refractivity contribution in [3.63, 3.8) is 0 Å². The Bertz CT molecular complexity index is 947. The molecule has 0 bridgehead atoms. The standard InChI is InChI=1S/C17H15Cl2NO5S/c1-10(21)24-9-13-7-11-8-14(15(18)16(19)17(11)25-13)26(22,23)20-12-5-3-2-4-6-12/h2-6,8,13,20H,7,9H2,1H3. The number of carbonyl (C=O) groups excluding carboxylic acids is 1. The predicted octanol–water partition coefficient (Wildman–Crippen LogP) is 3.66. The van der Waals surface area contributed by atoms with E-state index in [-0.39, 0.29) is 21.5 Å². The number of esters is 1. The lowest BCUT2D eigenvalue weighted by molar-refractivity contribution is -0.143. The molecule has 0 radical (unpaired) electrons. The molecule has 1 aliphatic heterocycles. The molecular weight excluding hydrogens is 401 g/mol. The molecule has 0 fully saturated rings. The number of hydrogen-bond donors (Lipinski definition) is 1. The molecule has 2 aromatic rings. The lowest BCUT2D eigenvalue weighted by Crippen LogP contribution is -2.21. The van der Waals surface area contributed by atoms with Crippen molar-refractivity contribution in [2.75, 3.05) is 11.3 Å². The average Bonchev–Trinajstić information content (AvgIpc) is 3.00. The first kappa shape index (κ1) is 18.8. The van der Waals surface area contributed by atoms with Crippen LogP contribution >= 0.6 is 23.2 Å². The van der Waals surface area contributed by atoms with E-state index in [4.69, 9.17) is 32.7 Å². The van der Waals surface area contributed by atoms with Crippen LogP contribution in [0, 0.1) is 0 Å². The first-order chi connectivity index (χ1) is 12.3. The van der Waals surface area contributed by atoms with Gasteiger partial charge >= 0.3 is 5.97 Å². The van der Waals surface area contributed by atoms with Crippen LogP contribution in [0.1, 0.15) is 12.5 Å². The van der Waals surface area contributed by atoms with Gasteiger partial charge in [-0.1, -0.05) is 41.4 Å². The monoisotopic (exact) mass is 415 g/mol. The summed E-state index contributed by atoms with van der Waals surface area (Å²) in [7, 11) is -3.94. The highest BCUT2D eigenvalue weighted by Gasteiger charge is 2.32. The van der Waals surface area contributed by atoms with Gasteiger partial charge in [-0.25, -0.2) is 8.42 Å². The molecule has 0 aromatic heterocycles. The molecule has 9 heteroatoms. The van der Waals surface area contributed by atoms with Crippen molar-refractivity contribution in [3.8, 4) is 5.75 Å². The van der Waals surface area contributed by atoms with Gasteiger partial charge in [0.2, 0.25) is 0 Å². The quantitative estimate of drug-likeness (QED) is 0.753. The number of benzene rings is 2. The van der Waals surface area contributed by atoms with E-state index in [1.54, 1.807) is 30.3 Å². The van der Waals surface area contributed by atoms with Crippen molar-refractivity contribution in [2.45, 2.75) is 24.3 Å². The maximum Gasteiger partial charge on any atom is 0.302 e. The summed E-state index contributed by atoms with van der Waals surface area (Å²) in [5.41, 5.74) is 0.995. The fourth-order valence-corrected chi connectivity index (χ4v) is 4.54. The predicted molar refractivity (Wildman–Crippen MR) is 98.5 cm³/mol. The molecule has 6 nitrogen and oxygen atoms in total. The van der Waals surface area contributed by atoms with Crippen LogP contribution in [0.3, 0.4) is 0 Å². The highest BCUT2D eigenvalue weighted by Crippen LogP contribution is 2.44. The van der Waals surface area contributed by atoms with E-state index in [1.807, 2.05) is 0 Å². The molecule has 26 heavy (non-hydrogen) atoms. The minimum Gasteiger partial charge on any atom is -0.485 e. The minimum absolute atomic E-state index is 0.0166. The van der Waals surface area contributed by atoms with Crippen LogP contribution in [0.15, 0.2) is 41.3 Å². The third-order valence-electron chi connectivity index (χ3n) is 3.73. The first-order valence-electron chi connectivity index (χ1n) is 7.66. The highest BCUT2D eigenvalue weighted by molar-refractivity contribution is 7.92. The lowest BCUT2D eigenvalue weighted by atomic mass is 10.1. The van der Waals surface area contributed by atoms with Crippen LogP contribution in [0.5, 0.6) is 5.75 Å². The lowest BCUT2D eigenvalue weighted by Gasteiger charge is -2.13. The number of halogens is 2. The second-order valence-corrected chi connectivity index (χ2v) is 8.12. The Labute approximate surface area is 161 Å². The van der Waals surface area contributed by atoms with Crippen LogP contribution in [-0.4, -0.2) is 27.1 Å². The molecule has 138 valence electrons. The second kappa shape index (κ2) is 7.34. The van der Waals surface area contributed by atoms with Crippen molar-refractivity contribution in [1.82, 2.24) is 0 Å². The van der Waals surface area contributed by atoms with Gasteiger partial charge in [0.15, 0.2) is 0 Å². The Balaban J connectivity index is 1.90. The number of sulfonamides is 1. The van der Waals surface area contributed by atoms with E-state index >= 15 is 0 Å². The van der Waals surface area contributed by atoms with Gasteiger partial charge in [0.25, 0.3) is 10.0 Å². The largest absolute Gasteiger partial charge is 0.485 e. The maximum atomic E-state index is 12.7. The zero-order chi connectivity index (χ0) is 18.9. The Morgan fingerprint density at radius 1 is 1.27 bits per heavy atom. The third kappa shape index (κ3) is 3.90. The Kier molecular flexibility index (Phi) is 5.32. The zero-order valence-corrected chi connectivity index (χ0v) is 16.0. The number of para-hydroxylation sites is 1. The number of anilines is 1. The molecule has 1 N–H and O–H groups in total. The molecule has 0 saturated heterocycles. The molecule has 1 heterocycles. The molecule has 0 amide bonds. The van der Waals surface area contributed by atoms with Gasteiger partial charge in [-0.15, -0.1) is 0 Å². The Morgan fingerprint density at radius 2 is 1.96 bits per heavy atom. The maximum absolute atomic E-state index is 12.7. The fraction of sp³-hybridized carbons (Fsp3) is 0.235. The van der Waals surface area contributed by atoms with E-state index in [9.17, 15) is 13.2 Å². The number of carbonyl (C=O) groups is 1. The Morgan fingerprint density at radius 3 is 2.62 bits per heavy atom. The van der Waals surface area contributed by atoms with Crippen molar-refractivity contribution in [2.24, 2.45) is 0 Å². The summed E-state index contributed by atoms with van der Waals surface area (Å²) in [6.07, 6.45) is -0.0876. The van der Waals surface area contributed by atoms with Crippen LogP contribution in [0.2, 0.25) is 10.0 Å². The molecule has 3 rings (SSSR count). The number of nitrogens with one attached hydrogen (secondary N) is 1.